The van der Waals surface area contributed by atoms with Gasteiger partial charge in [0.25, 0.3) is 21.8 Å². The fourth-order valence-corrected chi connectivity index (χ4v) is 4.78. The standard InChI is InChI=1S/C25H26ClN3O4S/c1-4-17(3)27-25(31)19-10-6-8-12-22(19)28-24(30)18-13-14-20(26)23(15-18)34(32,33)29-21-11-7-5-9-16(21)2/h5-15,17,29H,4H2,1-3H3,(H,27,31)(H,28,30)/t17-/m0/s1. The second-order valence-electron chi connectivity index (χ2n) is 7.85. The summed E-state index contributed by atoms with van der Waals surface area (Å²) in [4.78, 5) is 25.4. The largest absolute Gasteiger partial charge is 0.350 e. The van der Waals surface area contributed by atoms with Crippen LogP contribution in [0.1, 0.15) is 46.5 Å². The Balaban J connectivity index is 1.88. The number of halogens is 1. The molecular weight excluding hydrogens is 474 g/mol. The molecule has 0 spiro atoms. The zero-order chi connectivity index (χ0) is 24.9. The summed E-state index contributed by atoms with van der Waals surface area (Å²) >= 11 is 6.18. The maximum absolute atomic E-state index is 13.0. The molecule has 7 nitrogen and oxygen atoms in total. The first-order chi connectivity index (χ1) is 16.1. The summed E-state index contributed by atoms with van der Waals surface area (Å²) in [6.45, 7) is 5.62. The van der Waals surface area contributed by atoms with Gasteiger partial charge in [-0.25, -0.2) is 8.42 Å². The molecule has 34 heavy (non-hydrogen) atoms. The number of sulfonamides is 1. The fraction of sp³-hybridized carbons (Fsp3) is 0.200. The SMILES string of the molecule is CC[C@H](C)NC(=O)c1ccccc1NC(=O)c1ccc(Cl)c(S(=O)(=O)Nc2ccccc2C)c1. The molecule has 3 N–H and O–H groups in total. The summed E-state index contributed by atoms with van der Waals surface area (Å²) in [6, 6.07) is 17.5. The van der Waals surface area contributed by atoms with Crippen LogP contribution in [0.3, 0.4) is 0 Å². The van der Waals surface area contributed by atoms with Gasteiger partial charge in [0, 0.05) is 11.6 Å². The number of para-hydroxylation sites is 2. The van der Waals surface area contributed by atoms with E-state index in [1.54, 1.807) is 55.5 Å². The van der Waals surface area contributed by atoms with Gasteiger partial charge in [0.15, 0.2) is 0 Å². The second-order valence-corrected chi connectivity index (χ2v) is 9.91. The molecule has 0 aliphatic rings. The first-order valence-corrected chi connectivity index (χ1v) is 12.6. The van der Waals surface area contributed by atoms with Crippen molar-refractivity contribution in [1.29, 1.82) is 0 Å². The maximum Gasteiger partial charge on any atom is 0.263 e. The average molecular weight is 500 g/mol. The van der Waals surface area contributed by atoms with Gasteiger partial charge in [0.2, 0.25) is 0 Å². The van der Waals surface area contributed by atoms with Crippen molar-refractivity contribution < 1.29 is 18.0 Å². The monoisotopic (exact) mass is 499 g/mol. The number of hydrogen-bond acceptors (Lipinski definition) is 4. The highest BCUT2D eigenvalue weighted by Crippen LogP contribution is 2.27. The van der Waals surface area contributed by atoms with Crippen molar-refractivity contribution in [1.82, 2.24) is 5.32 Å². The smallest absolute Gasteiger partial charge is 0.263 e. The number of nitrogens with one attached hydrogen (secondary N) is 3. The number of anilines is 2. The molecule has 0 fully saturated rings. The number of hydrogen-bond donors (Lipinski definition) is 3. The molecule has 3 rings (SSSR count). The number of carbonyl (C=O) groups is 2. The normalized spacial score (nSPS) is 12.0. The third-order valence-corrected chi connectivity index (χ3v) is 7.13. The lowest BCUT2D eigenvalue weighted by molar-refractivity contribution is 0.0940. The molecule has 0 aromatic heterocycles. The van der Waals surface area contributed by atoms with Crippen LogP contribution in [0.4, 0.5) is 11.4 Å². The Kier molecular flexibility index (Phi) is 7.96. The highest BCUT2D eigenvalue weighted by molar-refractivity contribution is 7.92. The van der Waals surface area contributed by atoms with Crippen LogP contribution in [0.25, 0.3) is 0 Å². The lowest BCUT2D eigenvalue weighted by atomic mass is 10.1. The summed E-state index contributed by atoms with van der Waals surface area (Å²) in [7, 11) is -4.06. The quantitative estimate of drug-likeness (QED) is 0.394. The molecule has 2 amide bonds. The second kappa shape index (κ2) is 10.7. The van der Waals surface area contributed by atoms with Crippen LogP contribution in [0, 0.1) is 6.92 Å². The van der Waals surface area contributed by atoms with Crippen LogP contribution < -0.4 is 15.4 Å². The van der Waals surface area contributed by atoms with Gasteiger partial charge in [-0.2, -0.15) is 0 Å². The Morgan fingerprint density at radius 1 is 0.941 bits per heavy atom. The van der Waals surface area contributed by atoms with E-state index in [9.17, 15) is 18.0 Å². The number of rotatable bonds is 8. The van der Waals surface area contributed by atoms with E-state index in [1.807, 2.05) is 13.8 Å². The van der Waals surface area contributed by atoms with Gasteiger partial charge in [-0.15, -0.1) is 0 Å². The molecule has 0 saturated heterocycles. The van der Waals surface area contributed by atoms with Gasteiger partial charge in [0.05, 0.1) is 22.0 Å². The predicted molar refractivity (Wildman–Crippen MR) is 135 cm³/mol. The maximum atomic E-state index is 13.0. The number of benzene rings is 3. The van der Waals surface area contributed by atoms with E-state index in [4.69, 9.17) is 11.6 Å². The highest BCUT2D eigenvalue weighted by Gasteiger charge is 2.22. The molecule has 0 bridgehead atoms. The van der Waals surface area contributed by atoms with Gasteiger partial charge >= 0.3 is 0 Å². The number of amides is 2. The van der Waals surface area contributed by atoms with Crippen LogP contribution in [0.2, 0.25) is 5.02 Å². The highest BCUT2D eigenvalue weighted by atomic mass is 35.5. The first-order valence-electron chi connectivity index (χ1n) is 10.7. The van der Waals surface area contributed by atoms with Gasteiger partial charge < -0.3 is 10.6 Å². The van der Waals surface area contributed by atoms with Crippen molar-refractivity contribution in [2.24, 2.45) is 0 Å². The Bertz CT molecular complexity index is 1330. The van der Waals surface area contributed by atoms with Crippen molar-refractivity contribution in [3.63, 3.8) is 0 Å². The van der Waals surface area contributed by atoms with Crippen LogP contribution in [0.15, 0.2) is 71.6 Å². The molecule has 1 atom stereocenters. The minimum atomic E-state index is -4.06. The Labute approximate surface area is 204 Å². The zero-order valence-corrected chi connectivity index (χ0v) is 20.6. The first kappa shape index (κ1) is 25.3. The van der Waals surface area contributed by atoms with E-state index in [1.165, 1.54) is 18.2 Å². The molecular formula is C25H26ClN3O4S. The van der Waals surface area contributed by atoms with Crippen molar-refractivity contribution >= 4 is 44.8 Å². The molecule has 0 heterocycles. The lowest BCUT2D eigenvalue weighted by Crippen LogP contribution is -2.32. The summed E-state index contributed by atoms with van der Waals surface area (Å²) in [5, 5.41) is 5.54. The van der Waals surface area contributed by atoms with Gasteiger partial charge in [-0.3, -0.25) is 14.3 Å². The van der Waals surface area contributed by atoms with Crippen LogP contribution >= 0.6 is 11.6 Å². The van der Waals surface area contributed by atoms with Crippen LogP contribution in [-0.4, -0.2) is 26.3 Å². The van der Waals surface area contributed by atoms with Crippen LogP contribution in [-0.2, 0) is 10.0 Å². The summed E-state index contributed by atoms with van der Waals surface area (Å²) < 4.78 is 28.5. The molecule has 178 valence electrons. The molecule has 0 aliphatic carbocycles. The number of aryl methyl sites for hydroxylation is 1. The lowest BCUT2D eigenvalue weighted by Gasteiger charge is -2.15. The Morgan fingerprint density at radius 3 is 2.26 bits per heavy atom. The van der Waals surface area contributed by atoms with E-state index < -0.39 is 15.9 Å². The van der Waals surface area contributed by atoms with E-state index >= 15 is 0 Å². The van der Waals surface area contributed by atoms with Crippen LogP contribution in [0.5, 0.6) is 0 Å². The summed E-state index contributed by atoms with van der Waals surface area (Å²) in [5.74, 6) is -0.889. The molecule has 0 aliphatic heterocycles. The minimum Gasteiger partial charge on any atom is -0.350 e. The molecule has 0 saturated carbocycles. The third kappa shape index (κ3) is 5.95. The Morgan fingerprint density at radius 2 is 1.59 bits per heavy atom. The third-order valence-electron chi connectivity index (χ3n) is 5.28. The zero-order valence-electron chi connectivity index (χ0n) is 19.1. The Hall–Kier alpha value is -3.36. The molecule has 0 radical (unpaired) electrons. The summed E-state index contributed by atoms with van der Waals surface area (Å²) in [6.07, 6.45) is 0.763. The van der Waals surface area contributed by atoms with Crippen molar-refractivity contribution in [2.75, 3.05) is 10.0 Å². The number of carbonyl (C=O) groups excluding carboxylic acids is 2. The van der Waals surface area contributed by atoms with Crippen molar-refractivity contribution in [3.05, 3.63) is 88.4 Å². The van der Waals surface area contributed by atoms with Gasteiger partial charge in [0.1, 0.15) is 4.90 Å². The molecule has 3 aromatic carbocycles. The molecule has 3 aromatic rings. The van der Waals surface area contributed by atoms with Crippen molar-refractivity contribution in [3.8, 4) is 0 Å². The molecule has 0 unspecified atom stereocenters. The van der Waals surface area contributed by atoms with Gasteiger partial charge in [-0.1, -0.05) is 48.9 Å². The average Bonchev–Trinajstić information content (AvgIpc) is 2.80. The minimum absolute atomic E-state index is 0.0223. The molecule has 9 heteroatoms. The topological polar surface area (TPSA) is 104 Å². The van der Waals surface area contributed by atoms with Gasteiger partial charge in [-0.05, 0) is 62.2 Å². The van der Waals surface area contributed by atoms with E-state index in [2.05, 4.69) is 15.4 Å². The predicted octanol–water partition coefficient (Wildman–Crippen LogP) is 5.23. The van der Waals surface area contributed by atoms with E-state index in [0.29, 0.717) is 16.9 Å². The fourth-order valence-electron chi connectivity index (χ4n) is 3.13. The van der Waals surface area contributed by atoms with E-state index in [-0.39, 0.29) is 27.4 Å². The van der Waals surface area contributed by atoms with E-state index in [0.717, 1.165) is 12.0 Å². The van der Waals surface area contributed by atoms with Crippen molar-refractivity contribution in [2.45, 2.75) is 38.1 Å². The summed E-state index contributed by atoms with van der Waals surface area (Å²) in [5.41, 5.74) is 1.84.